The zero-order valence-electron chi connectivity index (χ0n) is 10.0. The van der Waals surface area contributed by atoms with Gasteiger partial charge in [0.25, 0.3) is 0 Å². The standard InChI is InChI=1S/C11H16ClN3OS/c1-16-8-4-3-5-15(7-8)10-6-9(12)13-11(14-10)17-2/h6,8H,3-5,7H2,1-2H3. The molecule has 94 valence electrons. The molecule has 1 atom stereocenters. The van der Waals surface area contributed by atoms with Crippen LogP contribution in [0.1, 0.15) is 12.8 Å². The summed E-state index contributed by atoms with van der Waals surface area (Å²) in [7, 11) is 1.76. The number of thioether (sulfide) groups is 1. The van der Waals surface area contributed by atoms with Crippen LogP contribution >= 0.6 is 23.4 Å². The van der Waals surface area contributed by atoms with E-state index in [2.05, 4.69) is 14.9 Å². The monoisotopic (exact) mass is 273 g/mol. The van der Waals surface area contributed by atoms with Crippen molar-refractivity contribution in [2.75, 3.05) is 31.4 Å². The molecule has 17 heavy (non-hydrogen) atoms. The molecule has 2 heterocycles. The van der Waals surface area contributed by atoms with E-state index in [4.69, 9.17) is 16.3 Å². The number of halogens is 1. The maximum atomic E-state index is 6.00. The van der Waals surface area contributed by atoms with Crippen molar-refractivity contribution in [3.05, 3.63) is 11.2 Å². The summed E-state index contributed by atoms with van der Waals surface area (Å²) in [5.41, 5.74) is 0. The largest absolute Gasteiger partial charge is 0.380 e. The molecule has 0 N–H and O–H groups in total. The molecule has 0 bridgehead atoms. The van der Waals surface area contributed by atoms with E-state index in [1.165, 1.54) is 11.8 Å². The van der Waals surface area contributed by atoms with Crippen LogP contribution in [-0.4, -0.2) is 42.5 Å². The molecule has 0 radical (unpaired) electrons. The molecule has 6 heteroatoms. The molecular weight excluding hydrogens is 258 g/mol. The zero-order valence-corrected chi connectivity index (χ0v) is 11.6. The lowest BCUT2D eigenvalue weighted by atomic mass is 10.1. The molecule has 0 aliphatic carbocycles. The average molecular weight is 274 g/mol. The molecule has 0 amide bonds. The highest BCUT2D eigenvalue weighted by molar-refractivity contribution is 7.98. The number of hydrogen-bond acceptors (Lipinski definition) is 5. The molecule has 1 fully saturated rings. The van der Waals surface area contributed by atoms with Crippen molar-refractivity contribution < 1.29 is 4.74 Å². The van der Waals surface area contributed by atoms with Gasteiger partial charge in [-0.05, 0) is 19.1 Å². The Labute approximate surface area is 111 Å². The molecule has 1 saturated heterocycles. The number of aromatic nitrogens is 2. The lowest BCUT2D eigenvalue weighted by molar-refractivity contribution is 0.0891. The molecule has 0 aromatic carbocycles. The minimum atomic E-state index is 0.287. The van der Waals surface area contributed by atoms with E-state index < -0.39 is 0 Å². The summed E-state index contributed by atoms with van der Waals surface area (Å²) in [5.74, 6) is 0.899. The minimum Gasteiger partial charge on any atom is -0.380 e. The maximum absolute atomic E-state index is 6.00. The van der Waals surface area contributed by atoms with Gasteiger partial charge in [-0.25, -0.2) is 9.97 Å². The fraction of sp³-hybridized carbons (Fsp3) is 0.636. The first-order chi connectivity index (χ1) is 8.22. The molecule has 0 saturated carbocycles. The molecule has 1 aromatic heterocycles. The van der Waals surface area contributed by atoms with Crippen LogP contribution in [0.15, 0.2) is 11.2 Å². The first kappa shape index (κ1) is 12.9. The van der Waals surface area contributed by atoms with Crippen LogP contribution in [0, 0.1) is 0 Å². The van der Waals surface area contributed by atoms with Crippen LogP contribution in [0.4, 0.5) is 5.82 Å². The highest BCUT2D eigenvalue weighted by Crippen LogP contribution is 2.23. The predicted octanol–water partition coefficient (Wildman–Crippen LogP) is 2.47. The Balaban J connectivity index is 2.18. The first-order valence-electron chi connectivity index (χ1n) is 5.59. The minimum absolute atomic E-state index is 0.287. The number of rotatable bonds is 3. The second kappa shape index (κ2) is 5.89. The fourth-order valence-corrected chi connectivity index (χ4v) is 2.58. The van der Waals surface area contributed by atoms with Gasteiger partial charge < -0.3 is 9.64 Å². The molecule has 1 unspecified atom stereocenters. The summed E-state index contributed by atoms with van der Waals surface area (Å²) in [6, 6.07) is 1.82. The van der Waals surface area contributed by atoms with Gasteiger partial charge >= 0.3 is 0 Å². The Morgan fingerprint density at radius 3 is 3.06 bits per heavy atom. The second-order valence-electron chi connectivity index (χ2n) is 3.98. The van der Waals surface area contributed by atoms with Crippen molar-refractivity contribution in [1.82, 2.24) is 9.97 Å². The van der Waals surface area contributed by atoms with E-state index in [0.29, 0.717) is 10.3 Å². The third kappa shape index (κ3) is 3.24. The van der Waals surface area contributed by atoms with Gasteiger partial charge in [-0.2, -0.15) is 0 Å². The molecule has 1 aromatic rings. The number of anilines is 1. The number of methoxy groups -OCH3 is 1. The van der Waals surface area contributed by atoms with E-state index in [0.717, 1.165) is 31.7 Å². The maximum Gasteiger partial charge on any atom is 0.190 e. The van der Waals surface area contributed by atoms with E-state index in [-0.39, 0.29) is 6.10 Å². The van der Waals surface area contributed by atoms with Crippen LogP contribution in [0.5, 0.6) is 0 Å². The molecular formula is C11H16ClN3OS. The predicted molar refractivity (Wildman–Crippen MR) is 71.1 cm³/mol. The van der Waals surface area contributed by atoms with Crippen LogP contribution in [0.25, 0.3) is 0 Å². The number of hydrogen-bond donors (Lipinski definition) is 0. The van der Waals surface area contributed by atoms with Crippen LogP contribution in [-0.2, 0) is 4.74 Å². The summed E-state index contributed by atoms with van der Waals surface area (Å²) in [4.78, 5) is 10.8. The highest BCUT2D eigenvalue weighted by Gasteiger charge is 2.21. The van der Waals surface area contributed by atoms with Gasteiger partial charge in [0.1, 0.15) is 11.0 Å². The fourth-order valence-electron chi connectivity index (χ4n) is 1.98. The Morgan fingerprint density at radius 1 is 1.53 bits per heavy atom. The summed E-state index contributed by atoms with van der Waals surface area (Å²) >= 11 is 7.50. The second-order valence-corrected chi connectivity index (χ2v) is 5.14. The molecule has 4 nitrogen and oxygen atoms in total. The van der Waals surface area contributed by atoms with Crippen molar-refractivity contribution in [2.24, 2.45) is 0 Å². The topological polar surface area (TPSA) is 38.2 Å². The lowest BCUT2D eigenvalue weighted by Crippen LogP contribution is -2.39. The number of ether oxygens (including phenoxy) is 1. The summed E-state index contributed by atoms with van der Waals surface area (Å²) in [6.45, 7) is 1.87. The smallest absolute Gasteiger partial charge is 0.190 e. The van der Waals surface area contributed by atoms with Crippen molar-refractivity contribution in [3.8, 4) is 0 Å². The molecule has 1 aliphatic heterocycles. The quantitative estimate of drug-likeness (QED) is 0.481. The lowest BCUT2D eigenvalue weighted by Gasteiger charge is -2.32. The Bertz CT molecular complexity index is 391. The highest BCUT2D eigenvalue weighted by atomic mass is 35.5. The van der Waals surface area contributed by atoms with Gasteiger partial charge in [0.05, 0.1) is 6.10 Å². The summed E-state index contributed by atoms with van der Waals surface area (Å²) in [5, 5.41) is 1.21. The Kier molecular flexibility index (Phi) is 4.48. The van der Waals surface area contributed by atoms with Crippen molar-refractivity contribution >= 4 is 29.2 Å². The van der Waals surface area contributed by atoms with E-state index in [9.17, 15) is 0 Å². The van der Waals surface area contributed by atoms with E-state index in [1.807, 2.05) is 12.3 Å². The van der Waals surface area contributed by atoms with Crippen LogP contribution < -0.4 is 4.90 Å². The van der Waals surface area contributed by atoms with Crippen molar-refractivity contribution in [1.29, 1.82) is 0 Å². The Morgan fingerprint density at radius 2 is 2.35 bits per heavy atom. The van der Waals surface area contributed by atoms with E-state index >= 15 is 0 Å². The first-order valence-corrected chi connectivity index (χ1v) is 7.19. The zero-order chi connectivity index (χ0) is 12.3. The SMILES string of the molecule is COC1CCCN(c2cc(Cl)nc(SC)n2)C1. The van der Waals surface area contributed by atoms with Crippen LogP contribution in [0.3, 0.4) is 0 Å². The third-order valence-corrected chi connectivity index (χ3v) is 3.62. The van der Waals surface area contributed by atoms with Gasteiger partial charge in [-0.15, -0.1) is 0 Å². The average Bonchev–Trinajstić information content (AvgIpc) is 2.38. The van der Waals surface area contributed by atoms with E-state index in [1.54, 1.807) is 7.11 Å². The van der Waals surface area contributed by atoms with Gasteiger partial charge in [-0.1, -0.05) is 23.4 Å². The van der Waals surface area contributed by atoms with Crippen molar-refractivity contribution in [3.63, 3.8) is 0 Å². The molecule has 2 rings (SSSR count). The van der Waals surface area contributed by atoms with Gasteiger partial charge in [0.15, 0.2) is 5.16 Å². The van der Waals surface area contributed by atoms with Gasteiger partial charge in [0, 0.05) is 26.3 Å². The number of piperidine rings is 1. The molecule has 0 spiro atoms. The van der Waals surface area contributed by atoms with Gasteiger partial charge in [0.2, 0.25) is 0 Å². The number of nitrogens with zero attached hydrogens (tertiary/aromatic N) is 3. The normalized spacial score (nSPS) is 20.6. The van der Waals surface area contributed by atoms with Crippen molar-refractivity contribution in [2.45, 2.75) is 24.1 Å². The Hall–Kier alpha value is -0.520. The van der Waals surface area contributed by atoms with Crippen LogP contribution in [0.2, 0.25) is 5.15 Å². The molecule has 1 aliphatic rings. The van der Waals surface area contributed by atoms with Gasteiger partial charge in [-0.3, -0.25) is 0 Å². The summed E-state index contributed by atoms with van der Waals surface area (Å²) < 4.78 is 5.41. The third-order valence-electron chi connectivity index (χ3n) is 2.88. The summed E-state index contributed by atoms with van der Waals surface area (Å²) in [6.07, 6.45) is 4.47.